The number of halogens is 1. The minimum Gasteiger partial charge on any atom is -0.471 e. The van der Waals surface area contributed by atoms with E-state index in [9.17, 15) is 0 Å². The first-order chi connectivity index (χ1) is 5.72. The predicted octanol–water partition coefficient (Wildman–Crippen LogP) is 1.71. The summed E-state index contributed by atoms with van der Waals surface area (Å²) in [6.45, 7) is 0.375. The molecule has 0 saturated heterocycles. The Morgan fingerprint density at radius 3 is 2.25 bits per heavy atom. The number of nitrogens with two attached hydrogens (primary N) is 1. The molecule has 0 spiro atoms. The van der Waals surface area contributed by atoms with Crippen molar-refractivity contribution in [3.8, 4) is 0 Å². The van der Waals surface area contributed by atoms with Crippen molar-refractivity contribution in [1.82, 2.24) is 0 Å². The van der Waals surface area contributed by atoms with Crippen molar-refractivity contribution in [3.05, 3.63) is 29.3 Å². The van der Waals surface area contributed by atoms with Crippen LogP contribution in [0.4, 0.5) is 5.69 Å². The molecule has 0 atom stereocenters. The highest BCUT2D eigenvalue weighted by molar-refractivity contribution is 6.33. The molecule has 0 heterocycles. The Bertz CT molecular complexity index is 219. The van der Waals surface area contributed by atoms with Gasteiger partial charge >= 0.3 is 0 Å². The topological polar surface area (TPSA) is 52.3 Å². The minimum absolute atomic E-state index is 0.375. The van der Waals surface area contributed by atoms with Crippen LogP contribution in [0, 0.1) is 0 Å². The second-order valence-electron chi connectivity index (χ2n) is 1.85. The molecule has 0 aromatic heterocycles. The van der Waals surface area contributed by atoms with E-state index >= 15 is 0 Å². The Hall–Kier alpha value is -1.22. The van der Waals surface area contributed by atoms with Crippen LogP contribution in [0.15, 0.2) is 24.3 Å². The van der Waals surface area contributed by atoms with Gasteiger partial charge in [0.1, 0.15) is 0 Å². The van der Waals surface area contributed by atoms with E-state index in [1.165, 1.54) is 7.11 Å². The molecule has 0 unspecified atom stereocenters. The average molecular weight is 188 g/mol. The van der Waals surface area contributed by atoms with Crippen LogP contribution in [0.1, 0.15) is 0 Å². The Labute approximate surface area is 76.1 Å². The first kappa shape index (κ1) is 10.8. The van der Waals surface area contributed by atoms with E-state index in [0.717, 1.165) is 0 Å². The van der Waals surface area contributed by atoms with Crippen molar-refractivity contribution in [2.24, 2.45) is 0 Å². The molecule has 0 bridgehead atoms. The number of para-hydroxylation sites is 1. The van der Waals surface area contributed by atoms with Gasteiger partial charge in [0.15, 0.2) is 0 Å². The lowest BCUT2D eigenvalue weighted by Crippen LogP contribution is -1.82. The van der Waals surface area contributed by atoms with Crippen molar-refractivity contribution in [2.75, 3.05) is 12.8 Å². The van der Waals surface area contributed by atoms with Crippen LogP contribution >= 0.6 is 11.6 Å². The summed E-state index contributed by atoms with van der Waals surface area (Å²) in [4.78, 5) is 8.95. The highest BCUT2D eigenvalue weighted by atomic mass is 35.5. The van der Waals surface area contributed by atoms with Crippen molar-refractivity contribution in [2.45, 2.75) is 0 Å². The number of anilines is 1. The minimum atomic E-state index is 0.375. The third-order valence-corrected chi connectivity index (χ3v) is 1.35. The quantitative estimate of drug-likeness (QED) is 0.538. The highest BCUT2D eigenvalue weighted by Gasteiger charge is 1.87. The summed E-state index contributed by atoms with van der Waals surface area (Å²) >= 11 is 5.58. The van der Waals surface area contributed by atoms with Crippen molar-refractivity contribution in [3.63, 3.8) is 0 Å². The van der Waals surface area contributed by atoms with Crippen LogP contribution in [0.5, 0.6) is 0 Å². The number of rotatable bonds is 1. The predicted molar refractivity (Wildman–Crippen MR) is 48.9 cm³/mol. The summed E-state index contributed by atoms with van der Waals surface area (Å²) in [5, 5.41) is 0.618. The van der Waals surface area contributed by atoms with Crippen LogP contribution < -0.4 is 5.73 Å². The lowest BCUT2D eigenvalue weighted by Gasteiger charge is -1.91. The van der Waals surface area contributed by atoms with Crippen LogP contribution in [-0.4, -0.2) is 13.6 Å². The summed E-state index contributed by atoms with van der Waals surface area (Å²) < 4.78 is 3.86. The van der Waals surface area contributed by atoms with E-state index in [1.807, 2.05) is 12.1 Å². The van der Waals surface area contributed by atoms with E-state index in [0.29, 0.717) is 17.2 Å². The number of benzene rings is 1. The van der Waals surface area contributed by atoms with Crippen LogP contribution in [0.2, 0.25) is 5.02 Å². The largest absolute Gasteiger partial charge is 0.471 e. The fourth-order valence-electron chi connectivity index (χ4n) is 0.475. The second-order valence-corrected chi connectivity index (χ2v) is 2.26. The molecular weight excluding hydrogens is 178 g/mol. The number of carbonyl (C=O) groups is 1. The maximum absolute atomic E-state index is 8.95. The van der Waals surface area contributed by atoms with E-state index in [2.05, 4.69) is 4.74 Å². The average Bonchev–Trinajstić information content (AvgIpc) is 2.11. The summed E-state index contributed by atoms with van der Waals surface area (Å²) in [5.41, 5.74) is 6.02. The molecule has 0 aliphatic carbocycles. The van der Waals surface area contributed by atoms with E-state index in [4.69, 9.17) is 22.1 Å². The Kier molecular flexibility index (Phi) is 5.83. The molecule has 2 N–H and O–H groups in total. The molecule has 1 rings (SSSR count). The summed E-state index contributed by atoms with van der Waals surface area (Å²) in [7, 11) is 1.31. The van der Waals surface area contributed by atoms with Gasteiger partial charge in [-0.3, -0.25) is 4.79 Å². The summed E-state index contributed by atoms with van der Waals surface area (Å²) in [6, 6.07) is 7.22. The molecule has 66 valence electrons. The normalized spacial score (nSPS) is 7.83. The zero-order valence-electron chi connectivity index (χ0n) is 6.66. The number of hydrogen-bond donors (Lipinski definition) is 1. The summed E-state index contributed by atoms with van der Waals surface area (Å²) in [5.74, 6) is 0. The van der Waals surface area contributed by atoms with Gasteiger partial charge in [-0.1, -0.05) is 23.7 Å². The molecule has 0 aliphatic rings. The Morgan fingerprint density at radius 1 is 1.50 bits per heavy atom. The second kappa shape index (κ2) is 6.49. The molecule has 1 aromatic carbocycles. The molecule has 0 radical (unpaired) electrons. The molecule has 1 aromatic rings. The van der Waals surface area contributed by atoms with Crippen molar-refractivity contribution in [1.29, 1.82) is 0 Å². The van der Waals surface area contributed by atoms with Gasteiger partial charge < -0.3 is 10.5 Å². The SMILES string of the molecule is COC=O.Nc1ccccc1Cl. The first-order valence-electron chi connectivity index (χ1n) is 3.18. The fourth-order valence-corrected chi connectivity index (χ4v) is 0.611. The molecule has 0 aliphatic heterocycles. The lowest BCUT2D eigenvalue weighted by molar-refractivity contribution is -0.126. The third-order valence-electron chi connectivity index (χ3n) is 1.00. The van der Waals surface area contributed by atoms with E-state index in [1.54, 1.807) is 12.1 Å². The first-order valence-corrected chi connectivity index (χ1v) is 3.56. The van der Waals surface area contributed by atoms with E-state index in [-0.39, 0.29) is 0 Å². The molecule has 0 amide bonds. The third kappa shape index (κ3) is 4.57. The van der Waals surface area contributed by atoms with Gasteiger partial charge in [0.05, 0.1) is 17.8 Å². The lowest BCUT2D eigenvalue weighted by atomic mass is 10.3. The Balaban J connectivity index is 0.000000261. The number of hydrogen-bond acceptors (Lipinski definition) is 3. The van der Waals surface area contributed by atoms with Gasteiger partial charge in [-0.2, -0.15) is 0 Å². The number of nitrogen functional groups attached to an aromatic ring is 1. The maximum atomic E-state index is 8.95. The standard InChI is InChI=1S/C6H6ClN.C2H4O2/c7-5-3-1-2-4-6(5)8;1-4-2-3/h1-4H,8H2;2H,1H3. The van der Waals surface area contributed by atoms with Crippen LogP contribution in [-0.2, 0) is 9.53 Å². The van der Waals surface area contributed by atoms with Crippen LogP contribution in [0.3, 0.4) is 0 Å². The van der Waals surface area contributed by atoms with E-state index < -0.39 is 0 Å². The number of ether oxygens (including phenoxy) is 1. The number of methoxy groups -OCH3 is 1. The Morgan fingerprint density at radius 2 is 2.00 bits per heavy atom. The fraction of sp³-hybridized carbons (Fsp3) is 0.125. The molecule has 4 heteroatoms. The smallest absolute Gasteiger partial charge is 0.292 e. The van der Waals surface area contributed by atoms with Gasteiger partial charge in [-0.25, -0.2) is 0 Å². The van der Waals surface area contributed by atoms with Crippen molar-refractivity contribution < 1.29 is 9.53 Å². The maximum Gasteiger partial charge on any atom is 0.292 e. The monoisotopic (exact) mass is 187 g/mol. The van der Waals surface area contributed by atoms with Crippen molar-refractivity contribution >= 4 is 23.8 Å². The zero-order chi connectivity index (χ0) is 9.40. The molecular formula is C8H10ClNO2. The summed E-state index contributed by atoms with van der Waals surface area (Å²) in [6.07, 6.45) is 0. The van der Waals surface area contributed by atoms with Gasteiger partial charge in [-0.15, -0.1) is 0 Å². The molecule has 12 heavy (non-hydrogen) atoms. The van der Waals surface area contributed by atoms with Crippen LogP contribution in [0.25, 0.3) is 0 Å². The number of carbonyl (C=O) groups excluding carboxylic acids is 1. The molecule has 0 saturated carbocycles. The van der Waals surface area contributed by atoms with Gasteiger partial charge in [0.25, 0.3) is 6.47 Å². The van der Waals surface area contributed by atoms with Gasteiger partial charge in [-0.05, 0) is 12.1 Å². The van der Waals surface area contributed by atoms with Gasteiger partial charge in [0.2, 0.25) is 0 Å². The highest BCUT2D eigenvalue weighted by Crippen LogP contribution is 2.15. The molecule has 3 nitrogen and oxygen atoms in total. The zero-order valence-corrected chi connectivity index (χ0v) is 7.41. The molecule has 0 fully saturated rings. The van der Waals surface area contributed by atoms with Gasteiger partial charge in [0, 0.05) is 0 Å².